The number of hydrogen-bond acceptors (Lipinski definition) is 2. The Balaban J connectivity index is 3.11. The fourth-order valence-electron chi connectivity index (χ4n) is 0.747. The van der Waals surface area contributed by atoms with Crippen molar-refractivity contribution in [2.75, 3.05) is 0 Å². The Labute approximate surface area is 61.6 Å². The van der Waals surface area contributed by atoms with E-state index in [1.165, 1.54) is 0 Å². The standard InChI is InChI=1S/C8H14O2/c1-2-5-8(10)6-3-4-7-9/h2,7-8,10H,1,3-6H2/t8-/m1/s1. The van der Waals surface area contributed by atoms with Gasteiger partial charge in [-0.15, -0.1) is 6.58 Å². The van der Waals surface area contributed by atoms with Gasteiger partial charge in [-0.1, -0.05) is 6.08 Å². The Kier molecular flexibility index (Phi) is 6.08. The van der Waals surface area contributed by atoms with Crippen molar-refractivity contribution in [2.45, 2.75) is 31.8 Å². The molecule has 0 spiro atoms. The Morgan fingerprint density at radius 1 is 1.60 bits per heavy atom. The molecule has 0 saturated heterocycles. The number of hydrogen-bond donors (Lipinski definition) is 1. The molecule has 0 radical (unpaired) electrons. The quantitative estimate of drug-likeness (QED) is 0.345. The number of unbranched alkanes of at least 4 members (excludes halogenated alkanes) is 1. The van der Waals surface area contributed by atoms with Gasteiger partial charge in [-0.3, -0.25) is 0 Å². The molecule has 1 atom stereocenters. The van der Waals surface area contributed by atoms with Gasteiger partial charge in [0.05, 0.1) is 6.10 Å². The van der Waals surface area contributed by atoms with Crippen molar-refractivity contribution < 1.29 is 9.90 Å². The van der Waals surface area contributed by atoms with Crippen molar-refractivity contribution in [1.29, 1.82) is 0 Å². The molecule has 2 nitrogen and oxygen atoms in total. The molecule has 1 N–H and O–H groups in total. The van der Waals surface area contributed by atoms with Crippen LogP contribution >= 0.6 is 0 Å². The van der Waals surface area contributed by atoms with Gasteiger partial charge in [0.2, 0.25) is 0 Å². The van der Waals surface area contributed by atoms with Crippen LogP contribution in [-0.4, -0.2) is 17.5 Å². The highest BCUT2D eigenvalue weighted by molar-refractivity contribution is 5.48. The summed E-state index contributed by atoms with van der Waals surface area (Å²) < 4.78 is 0. The number of aldehydes is 1. The first kappa shape index (κ1) is 9.37. The maximum atomic E-state index is 9.84. The second kappa shape index (κ2) is 6.49. The molecular formula is C8H14O2. The lowest BCUT2D eigenvalue weighted by Gasteiger charge is -2.04. The molecule has 2 heteroatoms. The maximum Gasteiger partial charge on any atom is 0.119 e. The van der Waals surface area contributed by atoms with E-state index in [1.807, 2.05) is 0 Å². The first-order chi connectivity index (χ1) is 4.81. The van der Waals surface area contributed by atoms with Crippen molar-refractivity contribution in [3.8, 4) is 0 Å². The zero-order valence-corrected chi connectivity index (χ0v) is 6.12. The van der Waals surface area contributed by atoms with Gasteiger partial charge in [-0.2, -0.15) is 0 Å². The molecule has 0 aliphatic carbocycles. The average molecular weight is 142 g/mol. The van der Waals surface area contributed by atoms with Crippen LogP contribution in [0.1, 0.15) is 25.7 Å². The van der Waals surface area contributed by atoms with E-state index in [2.05, 4.69) is 6.58 Å². The lowest BCUT2D eigenvalue weighted by atomic mass is 10.1. The monoisotopic (exact) mass is 142 g/mol. The van der Waals surface area contributed by atoms with Crippen LogP contribution in [0.4, 0.5) is 0 Å². The van der Waals surface area contributed by atoms with Crippen LogP contribution in [0.2, 0.25) is 0 Å². The number of aliphatic hydroxyl groups is 1. The fourth-order valence-corrected chi connectivity index (χ4v) is 0.747. The van der Waals surface area contributed by atoms with Gasteiger partial charge in [0.25, 0.3) is 0 Å². The first-order valence-electron chi connectivity index (χ1n) is 3.54. The predicted octanol–water partition coefficient (Wildman–Crippen LogP) is 1.29. The van der Waals surface area contributed by atoms with E-state index < -0.39 is 0 Å². The SMILES string of the molecule is C=CC[C@@H](O)CCCC=O. The highest BCUT2D eigenvalue weighted by Gasteiger charge is 1.99. The van der Waals surface area contributed by atoms with Crippen molar-refractivity contribution in [3.63, 3.8) is 0 Å². The fraction of sp³-hybridized carbons (Fsp3) is 0.625. The summed E-state index contributed by atoms with van der Waals surface area (Å²) >= 11 is 0. The van der Waals surface area contributed by atoms with Crippen molar-refractivity contribution in [1.82, 2.24) is 0 Å². The summed E-state index contributed by atoms with van der Waals surface area (Å²) in [7, 11) is 0. The van der Waals surface area contributed by atoms with E-state index >= 15 is 0 Å². The number of carbonyl (C=O) groups excluding carboxylic acids is 1. The summed E-state index contributed by atoms with van der Waals surface area (Å²) in [5.74, 6) is 0. The minimum absolute atomic E-state index is 0.308. The van der Waals surface area contributed by atoms with Crippen LogP contribution < -0.4 is 0 Å². The maximum absolute atomic E-state index is 9.84. The Morgan fingerprint density at radius 2 is 2.30 bits per heavy atom. The highest BCUT2D eigenvalue weighted by Crippen LogP contribution is 2.02. The zero-order chi connectivity index (χ0) is 7.82. The second-order valence-electron chi connectivity index (χ2n) is 2.28. The molecule has 58 valence electrons. The van der Waals surface area contributed by atoms with Crippen molar-refractivity contribution >= 4 is 6.29 Å². The Bertz CT molecular complexity index is 99.4. The molecule has 10 heavy (non-hydrogen) atoms. The average Bonchev–Trinajstić information content (AvgIpc) is 1.89. The molecule has 0 aliphatic rings. The van der Waals surface area contributed by atoms with Gasteiger partial charge in [0.15, 0.2) is 0 Å². The molecule has 0 saturated carbocycles. The summed E-state index contributed by atoms with van der Waals surface area (Å²) in [5, 5.41) is 9.09. The van der Waals surface area contributed by atoms with Gasteiger partial charge in [-0.25, -0.2) is 0 Å². The van der Waals surface area contributed by atoms with Crippen LogP contribution in [0.25, 0.3) is 0 Å². The lowest BCUT2D eigenvalue weighted by Crippen LogP contribution is -2.03. The van der Waals surface area contributed by atoms with Gasteiger partial charge < -0.3 is 9.90 Å². The molecule has 0 heterocycles. The third kappa shape index (κ3) is 5.51. The van der Waals surface area contributed by atoms with E-state index in [4.69, 9.17) is 5.11 Å². The smallest absolute Gasteiger partial charge is 0.119 e. The van der Waals surface area contributed by atoms with Crippen LogP contribution in [-0.2, 0) is 4.79 Å². The molecule has 0 aromatic rings. The Morgan fingerprint density at radius 3 is 2.80 bits per heavy atom. The summed E-state index contributed by atoms with van der Waals surface area (Å²) in [6.07, 6.45) is 4.90. The van der Waals surface area contributed by atoms with E-state index in [0.717, 1.165) is 12.7 Å². The summed E-state index contributed by atoms with van der Waals surface area (Å²) in [6.45, 7) is 3.50. The third-order valence-electron chi connectivity index (χ3n) is 1.30. The largest absolute Gasteiger partial charge is 0.393 e. The van der Waals surface area contributed by atoms with Gasteiger partial charge in [0, 0.05) is 6.42 Å². The van der Waals surface area contributed by atoms with Gasteiger partial charge in [0.1, 0.15) is 6.29 Å². The molecule has 0 aromatic carbocycles. The Hall–Kier alpha value is -0.630. The number of aliphatic hydroxyl groups excluding tert-OH is 1. The van der Waals surface area contributed by atoms with Crippen LogP contribution in [0.5, 0.6) is 0 Å². The van der Waals surface area contributed by atoms with Crippen LogP contribution in [0.15, 0.2) is 12.7 Å². The molecular weight excluding hydrogens is 128 g/mol. The highest BCUT2D eigenvalue weighted by atomic mass is 16.3. The summed E-state index contributed by atoms with van der Waals surface area (Å²) in [4.78, 5) is 9.84. The summed E-state index contributed by atoms with van der Waals surface area (Å²) in [6, 6.07) is 0. The van der Waals surface area contributed by atoms with E-state index in [1.54, 1.807) is 6.08 Å². The zero-order valence-electron chi connectivity index (χ0n) is 6.12. The molecule has 0 aromatic heterocycles. The predicted molar refractivity (Wildman–Crippen MR) is 40.7 cm³/mol. The van der Waals surface area contributed by atoms with Crippen molar-refractivity contribution in [2.24, 2.45) is 0 Å². The molecule has 0 bridgehead atoms. The second-order valence-corrected chi connectivity index (χ2v) is 2.28. The van der Waals surface area contributed by atoms with Crippen LogP contribution in [0, 0.1) is 0 Å². The normalized spacial score (nSPS) is 12.5. The van der Waals surface area contributed by atoms with Gasteiger partial charge >= 0.3 is 0 Å². The summed E-state index contributed by atoms with van der Waals surface area (Å²) in [5.41, 5.74) is 0. The minimum Gasteiger partial charge on any atom is -0.393 e. The van der Waals surface area contributed by atoms with Crippen molar-refractivity contribution in [3.05, 3.63) is 12.7 Å². The van der Waals surface area contributed by atoms with Crippen LogP contribution in [0.3, 0.4) is 0 Å². The lowest BCUT2D eigenvalue weighted by molar-refractivity contribution is -0.108. The van der Waals surface area contributed by atoms with E-state index in [-0.39, 0.29) is 6.10 Å². The van der Waals surface area contributed by atoms with E-state index in [9.17, 15) is 4.79 Å². The molecule has 0 rings (SSSR count). The molecule has 0 fully saturated rings. The number of rotatable bonds is 6. The molecule has 0 amide bonds. The topological polar surface area (TPSA) is 37.3 Å². The third-order valence-corrected chi connectivity index (χ3v) is 1.30. The van der Waals surface area contributed by atoms with E-state index in [0.29, 0.717) is 19.3 Å². The minimum atomic E-state index is -0.308. The number of carbonyl (C=O) groups is 1. The molecule has 0 aliphatic heterocycles. The molecule has 0 unspecified atom stereocenters. The first-order valence-corrected chi connectivity index (χ1v) is 3.54. The van der Waals surface area contributed by atoms with Gasteiger partial charge in [-0.05, 0) is 19.3 Å².